The quantitative estimate of drug-likeness (QED) is 0.385. The van der Waals surface area contributed by atoms with Crippen LogP contribution in [0.3, 0.4) is 0 Å². The minimum Gasteiger partial charge on any atom is -0.269 e. The van der Waals surface area contributed by atoms with E-state index in [0.29, 0.717) is 5.92 Å². The molecule has 0 saturated heterocycles. The predicted octanol–water partition coefficient (Wildman–Crippen LogP) is -0.274. The van der Waals surface area contributed by atoms with E-state index in [9.17, 15) is 0 Å². The molecular weight excluding hydrogens is 147 g/mol. The van der Waals surface area contributed by atoms with Gasteiger partial charge in [0, 0.05) is 0 Å². The Hall–Kier alpha value is 1.12. The Morgan fingerprint density at radius 2 is 2.40 bits per heavy atom. The molecule has 0 aromatic rings. The Morgan fingerprint density at radius 3 is 2.80 bits per heavy atom. The van der Waals surface area contributed by atoms with Crippen molar-refractivity contribution < 1.29 is 51.4 Å². The molecule has 0 saturated carbocycles. The van der Waals surface area contributed by atoms with Gasteiger partial charge in [0.05, 0.1) is 0 Å². The second-order valence-corrected chi connectivity index (χ2v) is 2.55. The van der Waals surface area contributed by atoms with Crippen molar-refractivity contribution in [3.63, 3.8) is 0 Å². The second kappa shape index (κ2) is 5.73. The number of hydrogen-bond acceptors (Lipinski definition) is 0. The van der Waals surface area contributed by atoms with E-state index < -0.39 is 0 Å². The van der Waals surface area contributed by atoms with Crippen molar-refractivity contribution in [1.29, 1.82) is 0 Å². The average Bonchev–Trinajstić information content (AvgIpc) is 2.37. The first-order chi connectivity index (χ1) is 4.34. The first-order valence-corrected chi connectivity index (χ1v) is 3.62. The summed E-state index contributed by atoms with van der Waals surface area (Å²) in [4.78, 5) is 0. The van der Waals surface area contributed by atoms with E-state index >= 15 is 0 Å². The van der Waals surface area contributed by atoms with E-state index in [0.717, 1.165) is 6.42 Å². The fourth-order valence-corrected chi connectivity index (χ4v) is 0.980. The van der Waals surface area contributed by atoms with Crippen molar-refractivity contribution in [1.82, 2.24) is 0 Å². The molecule has 0 aromatic carbocycles. The zero-order valence-corrected chi connectivity index (χ0v) is 10.3. The Bertz CT molecular complexity index is 145. The van der Waals surface area contributed by atoms with E-state index in [1.165, 1.54) is 12.0 Å². The zero-order valence-electron chi connectivity index (χ0n) is 7.15. The van der Waals surface area contributed by atoms with Gasteiger partial charge in [-0.05, 0) is 0 Å². The molecule has 50 valence electrons. The number of allylic oxidation sites excluding steroid dienone is 4. The van der Waals surface area contributed by atoms with Gasteiger partial charge in [0.1, 0.15) is 0 Å². The molecule has 0 radical (unpaired) electrons. The standard InChI is InChI=1S/C9H13.K/c1-3-8(2)9-6-4-5-7-9;/h4,6,8H,3,5H2,1-2H3;/q-1;+1. The summed E-state index contributed by atoms with van der Waals surface area (Å²) in [5.41, 5.74) is 1.40. The third-order valence-electron chi connectivity index (χ3n) is 1.86. The van der Waals surface area contributed by atoms with Gasteiger partial charge in [0.2, 0.25) is 0 Å². The van der Waals surface area contributed by atoms with E-state index in [-0.39, 0.29) is 51.4 Å². The van der Waals surface area contributed by atoms with Crippen LogP contribution >= 0.6 is 0 Å². The molecular formula is C9H13K. The maximum Gasteiger partial charge on any atom is 1.00 e. The van der Waals surface area contributed by atoms with Gasteiger partial charge in [-0.25, -0.2) is 11.6 Å². The van der Waals surface area contributed by atoms with Gasteiger partial charge < -0.3 is 0 Å². The monoisotopic (exact) mass is 160 g/mol. The molecule has 0 aliphatic heterocycles. The van der Waals surface area contributed by atoms with Crippen LogP contribution in [0.4, 0.5) is 0 Å². The van der Waals surface area contributed by atoms with Gasteiger partial charge in [-0.2, -0.15) is 6.08 Å². The van der Waals surface area contributed by atoms with Crippen LogP contribution in [0.2, 0.25) is 0 Å². The normalized spacial score (nSPS) is 18.0. The van der Waals surface area contributed by atoms with Crippen molar-refractivity contribution in [2.45, 2.75) is 26.7 Å². The molecule has 0 fully saturated rings. The molecule has 0 bridgehead atoms. The molecule has 0 spiro atoms. The third-order valence-corrected chi connectivity index (χ3v) is 1.86. The van der Waals surface area contributed by atoms with Gasteiger partial charge in [-0.15, -0.1) is 6.42 Å². The number of hydrogen-bond donors (Lipinski definition) is 0. The first kappa shape index (κ1) is 11.1. The summed E-state index contributed by atoms with van der Waals surface area (Å²) in [5, 5.41) is 0. The molecule has 0 heterocycles. The smallest absolute Gasteiger partial charge is 0.269 e. The third kappa shape index (κ3) is 3.01. The van der Waals surface area contributed by atoms with E-state index in [1.807, 2.05) is 0 Å². The Labute approximate surface area is 106 Å². The molecule has 1 atom stereocenters. The molecule has 1 rings (SSSR count). The van der Waals surface area contributed by atoms with Crippen LogP contribution in [-0.2, 0) is 0 Å². The van der Waals surface area contributed by atoms with Gasteiger partial charge >= 0.3 is 51.4 Å². The summed E-state index contributed by atoms with van der Waals surface area (Å²) < 4.78 is 0. The van der Waals surface area contributed by atoms with E-state index in [1.54, 1.807) is 0 Å². The predicted molar refractivity (Wildman–Crippen MR) is 40.0 cm³/mol. The van der Waals surface area contributed by atoms with Crippen LogP contribution < -0.4 is 51.4 Å². The van der Waals surface area contributed by atoms with E-state index in [2.05, 4.69) is 32.1 Å². The summed E-state index contributed by atoms with van der Waals surface area (Å²) in [6.45, 7) is 4.46. The SMILES string of the molecule is CCC(C)C1=[C-]CC=C1.[K+]. The minimum atomic E-state index is 0. The van der Waals surface area contributed by atoms with Gasteiger partial charge in [-0.1, -0.05) is 26.2 Å². The molecule has 0 N–H and O–H groups in total. The minimum absolute atomic E-state index is 0. The number of rotatable bonds is 2. The van der Waals surface area contributed by atoms with Gasteiger partial charge in [0.25, 0.3) is 0 Å². The Balaban J connectivity index is 0.000000810. The van der Waals surface area contributed by atoms with Crippen LogP contribution in [0.25, 0.3) is 0 Å². The fraction of sp³-hybridized carbons (Fsp3) is 0.556. The van der Waals surface area contributed by atoms with Crippen LogP contribution in [0, 0.1) is 12.0 Å². The van der Waals surface area contributed by atoms with Crippen molar-refractivity contribution in [2.75, 3.05) is 0 Å². The van der Waals surface area contributed by atoms with Crippen molar-refractivity contribution in [3.8, 4) is 0 Å². The van der Waals surface area contributed by atoms with Crippen molar-refractivity contribution in [3.05, 3.63) is 23.8 Å². The molecule has 1 heteroatoms. The summed E-state index contributed by atoms with van der Waals surface area (Å²) >= 11 is 0. The van der Waals surface area contributed by atoms with Crippen LogP contribution in [0.15, 0.2) is 17.7 Å². The Kier molecular flexibility index (Phi) is 6.37. The largest absolute Gasteiger partial charge is 1.00 e. The van der Waals surface area contributed by atoms with Crippen LogP contribution in [0.1, 0.15) is 26.7 Å². The first-order valence-electron chi connectivity index (χ1n) is 3.62. The topological polar surface area (TPSA) is 0 Å². The van der Waals surface area contributed by atoms with Crippen molar-refractivity contribution in [2.24, 2.45) is 5.92 Å². The Morgan fingerprint density at radius 1 is 1.70 bits per heavy atom. The summed E-state index contributed by atoms with van der Waals surface area (Å²) in [6.07, 6.45) is 9.93. The molecule has 0 amide bonds. The average molecular weight is 160 g/mol. The van der Waals surface area contributed by atoms with Crippen LogP contribution in [-0.4, -0.2) is 0 Å². The summed E-state index contributed by atoms with van der Waals surface area (Å²) in [6, 6.07) is 0. The van der Waals surface area contributed by atoms with Gasteiger partial charge in [-0.3, -0.25) is 6.08 Å². The van der Waals surface area contributed by atoms with E-state index in [4.69, 9.17) is 0 Å². The summed E-state index contributed by atoms with van der Waals surface area (Å²) in [5.74, 6) is 0.712. The molecule has 10 heavy (non-hydrogen) atoms. The molecule has 1 aliphatic rings. The van der Waals surface area contributed by atoms with Gasteiger partial charge in [0.15, 0.2) is 0 Å². The molecule has 1 aliphatic carbocycles. The maximum absolute atomic E-state index is 3.31. The molecule has 1 unspecified atom stereocenters. The molecule has 0 nitrogen and oxygen atoms in total. The maximum atomic E-state index is 3.31. The van der Waals surface area contributed by atoms with Crippen LogP contribution in [0.5, 0.6) is 0 Å². The summed E-state index contributed by atoms with van der Waals surface area (Å²) in [7, 11) is 0. The zero-order chi connectivity index (χ0) is 6.69. The fourth-order valence-electron chi connectivity index (χ4n) is 0.980. The molecule has 0 aromatic heterocycles. The van der Waals surface area contributed by atoms with Crippen molar-refractivity contribution >= 4 is 0 Å². The second-order valence-electron chi connectivity index (χ2n) is 2.55.